The predicted molar refractivity (Wildman–Crippen MR) is 95.2 cm³/mol. The smallest absolute Gasteiger partial charge is 0.201 e. The molecule has 8 unspecified atom stereocenters. The van der Waals surface area contributed by atoms with Crippen molar-refractivity contribution in [3.8, 4) is 0 Å². The van der Waals surface area contributed by atoms with Crippen molar-refractivity contribution >= 4 is 5.78 Å². The van der Waals surface area contributed by atoms with E-state index in [0.717, 1.165) is 32.1 Å². The van der Waals surface area contributed by atoms with Gasteiger partial charge in [-0.3, -0.25) is 4.79 Å². The number of fused-ring (bicyclic) bond motifs is 2. The second-order valence-corrected chi connectivity index (χ2v) is 9.28. The number of hydrogen-bond acceptors (Lipinski definition) is 6. The third kappa shape index (κ3) is 2.68. The summed E-state index contributed by atoms with van der Waals surface area (Å²) in [6, 6.07) is 0. The van der Waals surface area contributed by atoms with Crippen molar-refractivity contribution in [3.05, 3.63) is 11.6 Å². The standard InChI is InChI=1S/C21H30O6/c1-12-15-7-3-5-13-9-10-20(2)25-19(21(13,15)27-26-20)24-18(12)11-17(23)14-6-4-8-16(14)22/h6,12-13,15,17-19,23H,3-5,7-11H2,1-2H3. The Bertz CT molecular complexity index is 661. The molecule has 4 saturated heterocycles. The van der Waals surface area contributed by atoms with Crippen LogP contribution in [0.25, 0.3) is 0 Å². The SMILES string of the molecule is CC1C(CC(O)C2=CCCC2=O)OC2OC3(C)CCC4CCCC1C42OO3. The number of carbonyl (C=O) groups excluding carboxylic acids is 1. The van der Waals surface area contributed by atoms with E-state index in [0.29, 0.717) is 24.3 Å². The van der Waals surface area contributed by atoms with Gasteiger partial charge in [-0.2, -0.15) is 0 Å². The molecule has 6 heteroatoms. The zero-order valence-corrected chi connectivity index (χ0v) is 16.2. The van der Waals surface area contributed by atoms with Crippen LogP contribution in [0.1, 0.15) is 65.2 Å². The highest BCUT2D eigenvalue weighted by Gasteiger charge is 2.68. The minimum absolute atomic E-state index is 0.0641. The topological polar surface area (TPSA) is 74.2 Å². The normalized spacial score (nSPS) is 50.1. The van der Waals surface area contributed by atoms with Crippen LogP contribution in [0.2, 0.25) is 0 Å². The van der Waals surface area contributed by atoms with E-state index in [2.05, 4.69) is 6.92 Å². The van der Waals surface area contributed by atoms with E-state index in [1.165, 1.54) is 6.42 Å². The molecule has 0 aromatic rings. The first-order chi connectivity index (χ1) is 12.9. The molecule has 4 aliphatic heterocycles. The number of hydrogen-bond donors (Lipinski definition) is 1. The number of rotatable bonds is 3. The molecule has 0 radical (unpaired) electrons. The summed E-state index contributed by atoms with van der Waals surface area (Å²) >= 11 is 0. The van der Waals surface area contributed by atoms with Crippen LogP contribution in [0, 0.1) is 17.8 Å². The Kier molecular flexibility index (Phi) is 4.30. The summed E-state index contributed by atoms with van der Waals surface area (Å²) in [5.41, 5.74) is 0.0138. The minimum atomic E-state index is -0.772. The van der Waals surface area contributed by atoms with Gasteiger partial charge in [0.15, 0.2) is 17.7 Å². The van der Waals surface area contributed by atoms with Crippen molar-refractivity contribution in [1.29, 1.82) is 0 Å². The number of carbonyl (C=O) groups is 1. The number of aliphatic hydroxyl groups excluding tert-OH is 1. The zero-order chi connectivity index (χ0) is 18.8. The molecular weight excluding hydrogens is 348 g/mol. The number of allylic oxidation sites excluding steroid dienone is 1. The Hall–Kier alpha value is -0.790. The summed E-state index contributed by atoms with van der Waals surface area (Å²) in [6.45, 7) is 4.10. The molecule has 27 heavy (non-hydrogen) atoms. The second-order valence-electron chi connectivity index (χ2n) is 9.28. The summed E-state index contributed by atoms with van der Waals surface area (Å²) in [5, 5.41) is 10.7. The highest BCUT2D eigenvalue weighted by molar-refractivity contribution is 5.98. The van der Waals surface area contributed by atoms with Crippen molar-refractivity contribution in [2.45, 2.75) is 95.1 Å². The van der Waals surface area contributed by atoms with Gasteiger partial charge in [-0.15, -0.1) is 0 Å². The van der Waals surface area contributed by atoms with Crippen LogP contribution in [0.5, 0.6) is 0 Å². The fourth-order valence-electron chi connectivity index (χ4n) is 6.19. The fraction of sp³-hybridized carbons (Fsp3) is 0.857. The Morgan fingerprint density at radius 3 is 2.93 bits per heavy atom. The zero-order valence-electron chi connectivity index (χ0n) is 16.2. The van der Waals surface area contributed by atoms with E-state index < -0.39 is 23.8 Å². The van der Waals surface area contributed by atoms with Crippen LogP contribution in [0.4, 0.5) is 0 Å². The highest BCUT2D eigenvalue weighted by atomic mass is 17.3. The molecule has 2 bridgehead atoms. The first-order valence-electron chi connectivity index (χ1n) is 10.5. The minimum Gasteiger partial charge on any atom is -0.388 e. The molecule has 1 saturated carbocycles. The molecule has 150 valence electrons. The molecule has 2 aliphatic carbocycles. The Morgan fingerprint density at radius 2 is 2.15 bits per heavy atom. The number of aliphatic hydroxyl groups is 1. The molecule has 1 spiro atoms. The molecule has 6 rings (SSSR count). The van der Waals surface area contributed by atoms with Gasteiger partial charge in [-0.1, -0.05) is 19.4 Å². The Morgan fingerprint density at radius 1 is 1.30 bits per heavy atom. The van der Waals surface area contributed by atoms with Crippen LogP contribution in [0.15, 0.2) is 11.6 Å². The van der Waals surface area contributed by atoms with Gasteiger partial charge < -0.3 is 14.6 Å². The van der Waals surface area contributed by atoms with Gasteiger partial charge in [-0.25, -0.2) is 9.78 Å². The van der Waals surface area contributed by atoms with Gasteiger partial charge >= 0.3 is 0 Å². The monoisotopic (exact) mass is 378 g/mol. The van der Waals surface area contributed by atoms with Crippen LogP contribution in [-0.2, 0) is 24.0 Å². The molecule has 5 fully saturated rings. The number of Topliss-reactive ketones (excluding diaryl/α,β-unsaturated/α-hetero) is 1. The molecule has 8 atom stereocenters. The molecule has 6 aliphatic rings. The highest BCUT2D eigenvalue weighted by Crippen LogP contribution is 2.59. The summed E-state index contributed by atoms with van der Waals surface area (Å²) in [4.78, 5) is 23.9. The van der Waals surface area contributed by atoms with Crippen molar-refractivity contribution in [1.82, 2.24) is 0 Å². The van der Waals surface area contributed by atoms with Gasteiger partial charge in [0.2, 0.25) is 5.79 Å². The lowest BCUT2D eigenvalue weighted by molar-refractivity contribution is -0.569. The number of ether oxygens (including phenoxy) is 2. The Balaban J connectivity index is 1.42. The molecule has 0 aromatic carbocycles. The van der Waals surface area contributed by atoms with Gasteiger partial charge in [-0.05, 0) is 44.4 Å². The Labute approximate surface area is 160 Å². The molecular formula is C21H30O6. The van der Waals surface area contributed by atoms with Crippen molar-refractivity contribution < 1.29 is 29.1 Å². The third-order valence-electron chi connectivity index (χ3n) is 7.71. The summed E-state index contributed by atoms with van der Waals surface area (Å²) in [7, 11) is 0. The largest absolute Gasteiger partial charge is 0.388 e. The van der Waals surface area contributed by atoms with Gasteiger partial charge in [0, 0.05) is 30.8 Å². The van der Waals surface area contributed by atoms with Crippen molar-refractivity contribution in [3.63, 3.8) is 0 Å². The quantitative estimate of drug-likeness (QED) is 0.761. The average molecular weight is 378 g/mol. The van der Waals surface area contributed by atoms with E-state index >= 15 is 0 Å². The molecule has 0 aromatic heterocycles. The van der Waals surface area contributed by atoms with Crippen molar-refractivity contribution in [2.24, 2.45) is 17.8 Å². The first-order valence-corrected chi connectivity index (χ1v) is 10.5. The van der Waals surface area contributed by atoms with Crippen LogP contribution < -0.4 is 0 Å². The average Bonchev–Trinajstić information content (AvgIpc) is 2.96. The summed E-state index contributed by atoms with van der Waals surface area (Å²) in [5.74, 6) is 0.131. The molecule has 0 amide bonds. The lowest BCUT2D eigenvalue weighted by Gasteiger charge is -2.59. The third-order valence-corrected chi connectivity index (χ3v) is 7.71. The maximum atomic E-state index is 12.0. The maximum Gasteiger partial charge on any atom is 0.201 e. The van der Waals surface area contributed by atoms with Crippen LogP contribution in [-0.4, -0.2) is 40.8 Å². The second kappa shape index (κ2) is 6.36. The van der Waals surface area contributed by atoms with Gasteiger partial charge in [0.05, 0.1) is 12.2 Å². The lowest BCUT2D eigenvalue weighted by atomic mass is 9.60. The van der Waals surface area contributed by atoms with Crippen LogP contribution >= 0.6 is 0 Å². The van der Waals surface area contributed by atoms with Gasteiger partial charge in [0.25, 0.3) is 0 Å². The lowest BCUT2D eigenvalue weighted by Crippen LogP contribution is -2.69. The van der Waals surface area contributed by atoms with E-state index in [1.54, 1.807) is 0 Å². The van der Waals surface area contributed by atoms with E-state index in [-0.39, 0.29) is 23.7 Å². The maximum absolute atomic E-state index is 12.0. The van der Waals surface area contributed by atoms with E-state index in [1.807, 2.05) is 13.0 Å². The molecule has 4 heterocycles. The fourth-order valence-corrected chi connectivity index (χ4v) is 6.19. The predicted octanol–water partition coefficient (Wildman–Crippen LogP) is 3.03. The van der Waals surface area contributed by atoms with Crippen LogP contribution in [0.3, 0.4) is 0 Å². The summed E-state index contributed by atoms with van der Waals surface area (Å²) < 4.78 is 12.8. The van der Waals surface area contributed by atoms with E-state index in [4.69, 9.17) is 19.2 Å². The van der Waals surface area contributed by atoms with E-state index in [9.17, 15) is 9.90 Å². The molecule has 6 nitrogen and oxygen atoms in total. The number of ketones is 1. The molecule has 1 N–H and O–H groups in total. The first kappa shape index (κ1) is 18.3. The van der Waals surface area contributed by atoms with Gasteiger partial charge in [0.1, 0.15) is 0 Å². The summed E-state index contributed by atoms with van der Waals surface area (Å²) in [6.07, 6.45) is 7.29. The van der Waals surface area contributed by atoms with Crippen molar-refractivity contribution in [2.75, 3.05) is 0 Å².